The number of aromatic nitrogens is 3. The Balaban J connectivity index is 1.77. The molecule has 0 N–H and O–H groups in total. The Morgan fingerprint density at radius 1 is 1.21 bits per heavy atom. The molecule has 6 heteroatoms. The summed E-state index contributed by atoms with van der Waals surface area (Å²) >= 11 is 0. The molecule has 0 saturated carbocycles. The quantitative estimate of drug-likeness (QED) is 0.691. The summed E-state index contributed by atoms with van der Waals surface area (Å²) in [5.41, 5.74) is 2.55. The van der Waals surface area contributed by atoms with Gasteiger partial charge in [-0.05, 0) is 44.2 Å². The molecule has 0 saturated heterocycles. The smallest absolute Gasteiger partial charge is 0.258 e. The molecule has 0 aliphatic carbocycles. The normalized spacial score (nSPS) is 15.9. The molecule has 0 bridgehead atoms. The lowest BCUT2D eigenvalue weighted by Gasteiger charge is -2.39. The first-order valence-corrected chi connectivity index (χ1v) is 7.84. The lowest BCUT2D eigenvalue weighted by Crippen LogP contribution is -2.49. The first kappa shape index (κ1) is 14.7. The lowest BCUT2D eigenvalue weighted by atomic mass is 10.0. The Morgan fingerprint density at radius 2 is 2.00 bits per heavy atom. The molecule has 24 heavy (non-hydrogen) atoms. The lowest BCUT2D eigenvalue weighted by molar-refractivity contribution is 0.0837. The minimum absolute atomic E-state index is 0.0635. The predicted octanol–water partition coefficient (Wildman–Crippen LogP) is 2.79. The van der Waals surface area contributed by atoms with E-state index in [1.807, 2.05) is 57.3 Å². The van der Waals surface area contributed by atoms with Crippen LogP contribution in [0.5, 0.6) is 5.75 Å². The molecule has 0 radical (unpaired) electrons. The fraction of sp³-hybridized carbons (Fsp3) is 0.278. The third-order valence-electron chi connectivity index (χ3n) is 4.18. The number of amides is 1. The SMILES string of the molecule is Cn1nnc2cc(C(=O)N3CC(C)(C)Oc4ccccc43)ccc21. The van der Waals surface area contributed by atoms with E-state index < -0.39 is 5.60 Å². The number of hydrogen-bond donors (Lipinski definition) is 0. The van der Waals surface area contributed by atoms with E-state index in [0.29, 0.717) is 17.6 Å². The molecule has 6 nitrogen and oxygen atoms in total. The van der Waals surface area contributed by atoms with Crippen molar-refractivity contribution in [3.05, 3.63) is 48.0 Å². The zero-order valence-electron chi connectivity index (χ0n) is 13.9. The maximum absolute atomic E-state index is 13.1. The summed E-state index contributed by atoms with van der Waals surface area (Å²) in [7, 11) is 1.83. The van der Waals surface area contributed by atoms with Crippen LogP contribution in [0.1, 0.15) is 24.2 Å². The van der Waals surface area contributed by atoms with Crippen molar-refractivity contribution in [2.45, 2.75) is 19.4 Å². The van der Waals surface area contributed by atoms with Crippen molar-refractivity contribution in [3.8, 4) is 5.75 Å². The Labute approximate surface area is 139 Å². The largest absolute Gasteiger partial charge is 0.484 e. The van der Waals surface area contributed by atoms with Crippen molar-refractivity contribution in [2.75, 3.05) is 11.4 Å². The van der Waals surface area contributed by atoms with Gasteiger partial charge in [-0.2, -0.15) is 0 Å². The van der Waals surface area contributed by atoms with E-state index in [-0.39, 0.29) is 5.91 Å². The summed E-state index contributed by atoms with van der Waals surface area (Å²) in [4.78, 5) is 14.9. The number of benzene rings is 2. The standard InChI is InChI=1S/C18H18N4O2/c1-18(2)11-22(15-6-4-5-7-16(15)24-18)17(23)12-8-9-14-13(10-12)19-20-21(14)3/h4-10H,11H2,1-3H3. The number of anilines is 1. The first-order chi connectivity index (χ1) is 11.4. The van der Waals surface area contributed by atoms with Gasteiger partial charge in [-0.25, -0.2) is 4.68 Å². The second-order valence-corrected chi connectivity index (χ2v) is 6.64. The molecular formula is C18H18N4O2. The van der Waals surface area contributed by atoms with Crippen molar-refractivity contribution < 1.29 is 9.53 Å². The van der Waals surface area contributed by atoms with Crippen molar-refractivity contribution in [1.82, 2.24) is 15.0 Å². The summed E-state index contributed by atoms with van der Waals surface area (Å²) < 4.78 is 7.68. The molecule has 1 amide bonds. The highest BCUT2D eigenvalue weighted by molar-refractivity contribution is 6.08. The zero-order valence-corrected chi connectivity index (χ0v) is 13.9. The average molecular weight is 322 g/mol. The topological polar surface area (TPSA) is 60.2 Å². The van der Waals surface area contributed by atoms with Crippen LogP contribution in [0.15, 0.2) is 42.5 Å². The number of fused-ring (bicyclic) bond motifs is 2. The van der Waals surface area contributed by atoms with Crippen molar-refractivity contribution in [3.63, 3.8) is 0 Å². The molecule has 1 aromatic heterocycles. The molecule has 2 heterocycles. The van der Waals surface area contributed by atoms with E-state index in [1.165, 1.54) is 0 Å². The second-order valence-electron chi connectivity index (χ2n) is 6.64. The predicted molar refractivity (Wildman–Crippen MR) is 91.3 cm³/mol. The summed E-state index contributed by atoms with van der Waals surface area (Å²) in [6.45, 7) is 4.45. The molecule has 1 aliphatic rings. The third kappa shape index (κ3) is 2.31. The molecule has 0 spiro atoms. The van der Waals surface area contributed by atoms with Gasteiger partial charge in [0.05, 0.1) is 17.7 Å². The fourth-order valence-electron chi connectivity index (χ4n) is 3.07. The maximum Gasteiger partial charge on any atom is 0.258 e. The van der Waals surface area contributed by atoms with Crippen LogP contribution in [0.3, 0.4) is 0 Å². The molecule has 1 aliphatic heterocycles. The van der Waals surface area contributed by atoms with Crippen LogP contribution in [0.2, 0.25) is 0 Å². The highest BCUT2D eigenvalue weighted by atomic mass is 16.5. The van der Waals surface area contributed by atoms with E-state index in [2.05, 4.69) is 10.3 Å². The van der Waals surface area contributed by atoms with Gasteiger partial charge in [-0.1, -0.05) is 17.3 Å². The number of hydrogen-bond acceptors (Lipinski definition) is 4. The summed E-state index contributed by atoms with van der Waals surface area (Å²) in [6, 6.07) is 13.1. The Kier molecular flexibility index (Phi) is 3.09. The first-order valence-electron chi connectivity index (χ1n) is 7.84. The number of aryl methyl sites for hydroxylation is 1. The molecule has 122 valence electrons. The molecule has 0 fully saturated rings. The number of para-hydroxylation sites is 2. The molecule has 4 rings (SSSR count). The monoisotopic (exact) mass is 322 g/mol. The van der Waals surface area contributed by atoms with Crippen LogP contribution in [0.4, 0.5) is 5.69 Å². The van der Waals surface area contributed by atoms with Gasteiger partial charge in [0.15, 0.2) is 0 Å². The average Bonchev–Trinajstić information content (AvgIpc) is 2.93. The minimum atomic E-state index is -0.444. The van der Waals surface area contributed by atoms with Gasteiger partial charge >= 0.3 is 0 Å². The van der Waals surface area contributed by atoms with Crippen molar-refractivity contribution >= 4 is 22.6 Å². The number of rotatable bonds is 1. The van der Waals surface area contributed by atoms with Crippen molar-refractivity contribution in [2.24, 2.45) is 7.05 Å². The van der Waals surface area contributed by atoms with Gasteiger partial charge in [0.1, 0.15) is 16.9 Å². The van der Waals surface area contributed by atoms with Crippen molar-refractivity contribution in [1.29, 1.82) is 0 Å². The van der Waals surface area contributed by atoms with Gasteiger partial charge in [0.2, 0.25) is 0 Å². The maximum atomic E-state index is 13.1. The van der Waals surface area contributed by atoms with Crippen LogP contribution in [0, 0.1) is 0 Å². The van der Waals surface area contributed by atoms with Crippen LogP contribution in [-0.4, -0.2) is 33.0 Å². The number of carbonyl (C=O) groups excluding carboxylic acids is 1. The second kappa shape index (κ2) is 5.06. The highest BCUT2D eigenvalue weighted by Gasteiger charge is 2.35. The van der Waals surface area contributed by atoms with E-state index in [0.717, 1.165) is 17.0 Å². The third-order valence-corrected chi connectivity index (χ3v) is 4.18. The molecule has 2 aromatic carbocycles. The highest BCUT2D eigenvalue weighted by Crippen LogP contribution is 2.37. The van der Waals surface area contributed by atoms with Gasteiger partial charge < -0.3 is 9.64 Å². The number of nitrogens with zero attached hydrogens (tertiary/aromatic N) is 4. The van der Waals surface area contributed by atoms with Crippen LogP contribution >= 0.6 is 0 Å². The van der Waals surface area contributed by atoms with E-state index in [1.54, 1.807) is 15.6 Å². The van der Waals surface area contributed by atoms with Crippen LogP contribution < -0.4 is 9.64 Å². The van der Waals surface area contributed by atoms with E-state index in [4.69, 9.17) is 4.74 Å². The number of carbonyl (C=O) groups is 1. The molecular weight excluding hydrogens is 304 g/mol. The molecule has 3 aromatic rings. The Bertz CT molecular complexity index is 945. The van der Waals surface area contributed by atoms with Gasteiger partial charge in [0.25, 0.3) is 5.91 Å². The zero-order chi connectivity index (χ0) is 16.9. The summed E-state index contributed by atoms with van der Waals surface area (Å²) in [5.74, 6) is 0.661. The van der Waals surface area contributed by atoms with Crippen LogP contribution in [0.25, 0.3) is 11.0 Å². The molecule has 0 atom stereocenters. The van der Waals surface area contributed by atoms with Crippen LogP contribution in [-0.2, 0) is 7.05 Å². The Morgan fingerprint density at radius 3 is 2.83 bits per heavy atom. The van der Waals surface area contributed by atoms with E-state index >= 15 is 0 Å². The summed E-state index contributed by atoms with van der Waals surface area (Å²) in [5, 5.41) is 8.09. The summed E-state index contributed by atoms with van der Waals surface area (Å²) in [6.07, 6.45) is 0. The Hall–Kier alpha value is -2.89. The van der Waals surface area contributed by atoms with Gasteiger partial charge in [-0.15, -0.1) is 5.10 Å². The van der Waals surface area contributed by atoms with Gasteiger partial charge in [0, 0.05) is 12.6 Å². The van der Waals surface area contributed by atoms with E-state index in [9.17, 15) is 4.79 Å². The molecule has 0 unspecified atom stereocenters. The number of ether oxygens (including phenoxy) is 1. The fourth-order valence-corrected chi connectivity index (χ4v) is 3.07. The van der Waals surface area contributed by atoms with Gasteiger partial charge in [-0.3, -0.25) is 4.79 Å². The minimum Gasteiger partial charge on any atom is -0.484 e.